The lowest BCUT2D eigenvalue weighted by molar-refractivity contribution is -0.00751. The van der Waals surface area contributed by atoms with Crippen LogP contribution in [-0.2, 0) is 10.0 Å². The van der Waals surface area contributed by atoms with Crippen molar-refractivity contribution in [3.8, 4) is 0 Å². The van der Waals surface area contributed by atoms with Crippen LogP contribution in [0.4, 0.5) is 0 Å². The van der Waals surface area contributed by atoms with Gasteiger partial charge in [0.15, 0.2) is 0 Å². The number of hydrogen-bond acceptors (Lipinski definition) is 3. The molecule has 0 saturated heterocycles. The number of rotatable bonds is 4. The number of aliphatic hydroxyl groups is 1. The average Bonchev–Trinajstić information content (AvgIpc) is 2.37. The molecule has 1 aromatic carbocycles. The summed E-state index contributed by atoms with van der Waals surface area (Å²) in [5.41, 5.74) is -0.941. The predicted molar refractivity (Wildman–Crippen MR) is 79.2 cm³/mol. The van der Waals surface area contributed by atoms with Crippen molar-refractivity contribution in [1.29, 1.82) is 0 Å². The van der Waals surface area contributed by atoms with Crippen LogP contribution in [0.1, 0.15) is 32.6 Å². The van der Waals surface area contributed by atoms with E-state index in [2.05, 4.69) is 11.6 Å². The van der Waals surface area contributed by atoms with E-state index >= 15 is 0 Å². The first-order valence-electron chi connectivity index (χ1n) is 6.78. The Kier molecular flexibility index (Phi) is 4.74. The van der Waals surface area contributed by atoms with Gasteiger partial charge in [0.2, 0.25) is 10.0 Å². The van der Waals surface area contributed by atoms with Crippen molar-refractivity contribution in [2.75, 3.05) is 6.54 Å². The van der Waals surface area contributed by atoms with Crippen molar-refractivity contribution in [2.45, 2.75) is 43.1 Å². The standard InChI is InChI=1S/C14H20ClNO3S/c1-11-4-3-7-14(17,9-11)10-16-20(18,19)13-6-2-5-12(15)8-13/h2,5-6,8,11,16-17H,3-4,7,9-10H2,1H3. The normalized spacial score (nSPS) is 27.4. The van der Waals surface area contributed by atoms with Crippen LogP contribution < -0.4 is 4.72 Å². The number of sulfonamides is 1. The van der Waals surface area contributed by atoms with Crippen molar-refractivity contribution in [2.24, 2.45) is 5.92 Å². The van der Waals surface area contributed by atoms with Gasteiger partial charge in [0.1, 0.15) is 0 Å². The highest BCUT2D eigenvalue weighted by atomic mass is 35.5. The molecule has 6 heteroatoms. The van der Waals surface area contributed by atoms with E-state index in [9.17, 15) is 13.5 Å². The van der Waals surface area contributed by atoms with Gasteiger partial charge in [-0.25, -0.2) is 13.1 Å². The Morgan fingerprint density at radius 1 is 1.50 bits per heavy atom. The molecule has 4 nitrogen and oxygen atoms in total. The Balaban J connectivity index is 2.06. The second-order valence-electron chi connectivity index (χ2n) is 5.71. The Bertz CT molecular complexity index is 576. The van der Waals surface area contributed by atoms with Gasteiger partial charge in [-0.1, -0.05) is 37.4 Å². The van der Waals surface area contributed by atoms with Crippen LogP contribution in [0.25, 0.3) is 0 Å². The van der Waals surface area contributed by atoms with Gasteiger partial charge in [0.25, 0.3) is 0 Å². The van der Waals surface area contributed by atoms with Crippen LogP contribution in [0.2, 0.25) is 5.02 Å². The molecule has 112 valence electrons. The molecule has 2 N–H and O–H groups in total. The maximum Gasteiger partial charge on any atom is 0.240 e. The molecular weight excluding hydrogens is 298 g/mol. The molecule has 1 aliphatic rings. The Morgan fingerprint density at radius 3 is 2.90 bits per heavy atom. The SMILES string of the molecule is CC1CCCC(O)(CNS(=O)(=O)c2cccc(Cl)c2)C1. The molecule has 0 aromatic heterocycles. The van der Waals surface area contributed by atoms with E-state index in [0.717, 1.165) is 12.8 Å². The molecule has 0 amide bonds. The smallest absolute Gasteiger partial charge is 0.240 e. The van der Waals surface area contributed by atoms with Crippen LogP contribution >= 0.6 is 11.6 Å². The zero-order chi connectivity index (χ0) is 14.8. The van der Waals surface area contributed by atoms with Crippen LogP contribution in [0.5, 0.6) is 0 Å². The molecule has 2 unspecified atom stereocenters. The molecule has 0 radical (unpaired) electrons. The third-order valence-electron chi connectivity index (χ3n) is 3.77. The fraction of sp³-hybridized carbons (Fsp3) is 0.571. The lowest BCUT2D eigenvalue weighted by Gasteiger charge is -2.35. The van der Waals surface area contributed by atoms with E-state index in [4.69, 9.17) is 11.6 Å². The molecule has 1 fully saturated rings. The number of halogens is 1. The Morgan fingerprint density at radius 2 is 2.25 bits per heavy atom. The summed E-state index contributed by atoms with van der Waals surface area (Å²) in [4.78, 5) is 0.123. The van der Waals surface area contributed by atoms with E-state index in [0.29, 0.717) is 23.8 Å². The monoisotopic (exact) mass is 317 g/mol. The molecular formula is C14H20ClNO3S. The first-order chi connectivity index (χ1) is 9.31. The average molecular weight is 318 g/mol. The molecule has 2 atom stereocenters. The highest BCUT2D eigenvalue weighted by Crippen LogP contribution is 2.32. The summed E-state index contributed by atoms with van der Waals surface area (Å²) in [6.45, 7) is 2.13. The lowest BCUT2D eigenvalue weighted by Crippen LogP contribution is -2.45. The summed E-state index contributed by atoms with van der Waals surface area (Å²) < 4.78 is 26.8. The van der Waals surface area contributed by atoms with Gasteiger partial charge in [-0.05, 0) is 37.0 Å². The van der Waals surface area contributed by atoms with Gasteiger partial charge in [0.05, 0.1) is 10.5 Å². The Labute approximate surface area is 125 Å². The van der Waals surface area contributed by atoms with Crippen molar-refractivity contribution in [3.05, 3.63) is 29.3 Å². The molecule has 0 spiro atoms. The quantitative estimate of drug-likeness (QED) is 0.897. The van der Waals surface area contributed by atoms with Gasteiger partial charge in [0, 0.05) is 11.6 Å². The summed E-state index contributed by atoms with van der Waals surface area (Å²) in [5.74, 6) is 0.421. The molecule has 0 bridgehead atoms. The summed E-state index contributed by atoms with van der Waals surface area (Å²) in [5, 5.41) is 10.8. The van der Waals surface area contributed by atoms with E-state index in [1.807, 2.05) is 0 Å². The third-order valence-corrected chi connectivity index (χ3v) is 5.40. The highest BCUT2D eigenvalue weighted by molar-refractivity contribution is 7.89. The summed E-state index contributed by atoms with van der Waals surface area (Å²) >= 11 is 5.80. The minimum Gasteiger partial charge on any atom is -0.389 e. The third kappa shape index (κ3) is 3.95. The molecule has 1 aliphatic carbocycles. The summed E-state index contributed by atoms with van der Waals surface area (Å²) in [7, 11) is -3.63. The second kappa shape index (κ2) is 6.02. The zero-order valence-electron chi connectivity index (χ0n) is 11.5. The topological polar surface area (TPSA) is 66.4 Å². The van der Waals surface area contributed by atoms with Crippen LogP contribution in [-0.4, -0.2) is 25.7 Å². The van der Waals surface area contributed by atoms with E-state index in [1.54, 1.807) is 12.1 Å². The minimum absolute atomic E-state index is 0.0478. The maximum absolute atomic E-state index is 12.2. The summed E-state index contributed by atoms with van der Waals surface area (Å²) in [6, 6.07) is 6.10. The van der Waals surface area contributed by atoms with Crippen molar-refractivity contribution < 1.29 is 13.5 Å². The molecule has 0 heterocycles. The maximum atomic E-state index is 12.2. The van der Waals surface area contributed by atoms with E-state index in [-0.39, 0.29) is 11.4 Å². The fourth-order valence-corrected chi connectivity index (χ4v) is 4.16. The van der Waals surface area contributed by atoms with Crippen LogP contribution in [0.15, 0.2) is 29.2 Å². The number of benzene rings is 1. The first-order valence-corrected chi connectivity index (χ1v) is 8.64. The van der Waals surface area contributed by atoms with Gasteiger partial charge in [-0.15, -0.1) is 0 Å². The minimum atomic E-state index is -3.63. The number of nitrogens with one attached hydrogen (secondary N) is 1. The van der Waals surface area contributed by atoms with E-state index in [1.165, 1.54) is 12.1 Å². The van der Waals surface area contributed by atoms with Crippen molar-refractivity contribution in [3.63, 3.8) is 0 Å². The van der Waals surface area contributed by atoms with Crippen LogP contribution in [0.3, 0.4) is 0 Å². The second-order valence-corrected chi connectivity index (χ2v) is 7.91. The molecule has 1 saturated carbocycles. The van der Waals surface area contributed by atoms with Gasteiger partial charge >= 0.3 is 0 Å². The lowest BCUT2D eigenvalue weighted by atomic mass is 9.79. The molecule has 1 aromatic rings. The first kappa shape index (κ1) is 15.8. The fourth-order valence-electron chi connectivity index (χ4n) is 2.74. The molecule has 2 rings (SSSR count). The van der Waals surface area contributed by atoms with E-state index < -0.39 is 15.6 Å². The van der Waals surface area contributed by atoms with Crippen molar-refractivity contribution >= 4 is 21.6 Å². The number of hydrogen-bond donors (Lipinski definition) is 2. The Hall–Kier alpha value is -0.620. The van der Waals surface area contributed by atoms with Gasteiger partial charge in [-0.3, -0.25) is 0 Å². The largest absolute Gasteiger partial charge is 0.389 e. The summed E-state index contributed by atoms with van der Waals surface area (Å²) in [6.07, 6.45) is 3.28. The molecule has 0 aliphatic heterocycles. The molecule has 20 heavy (non-hydrogen) atoms. The predicted octanol–water partition coefficient (Wildman–Crippen LogP) is 2.56. The highest BCUT2D eigenvalue weighted by Gasteiger charge is 2.33. The zero-order valence-corrected chi connectivity index (χ0v) is 13.0. The van der Waals surface area contributed by atoms with Gasteiger partial charge in [-0.2, -0.15) is 0 Å². The van der Waals surface area contributed by atoms with Crippen LogP contribution in [0, 0.1) is 5.92 Å². The van der Waals surface area contributed by atoms with Crippen molar-refractivity contribution in [1.82, 2.24) is 4.72 Å². The van der Waals surface area contributed by atoms with Gasteiger partial charge < -0.3 is 5.11 Å².